The van der Waals surface area contributed by atoms with Crippen molar-refractivity contribution in [2.24, 2.45) is 0 Å². The van der Waals surface area contributed by atoms with Crippen molar-refractivity contribution >= 4 is 11.4 Å². The number of nitrogens with two attached hydrogens (primary N) is 1. The van der Waals surface area contributed by atoms with Gasteiger partial charge in [0.1, 0.15) is 0 Å². The third kappa shape index (κ3) is 3.24. The number of aliphatic hydroxyl groups excluding tert-OH is 1. The van der Waals surface area contributed by atoms with E-state index in [1.807, 2.05) is 12.1 Å². The van der Waals surface area contributed by atoms with Gasteiger partial charge < -0.3 is 15.7 Å². The van der Waals surface area contributed by atoms with E-state index in [-0.39, 0.29) is 12.1 Å². The Morgan fingerprint density at radius 2 is 1.68 bits per heavy atom. The summed E-state index contributed by atoms with van der Waals surface area (Å²) in [5.74, 6) is 0. The Kier molecular flexibility index (Phi) is 4.40. The molecule has 1 saturated heterocycles. The minimum Gasteiger partial charge on any atom is -0.398 e. The van der Waals surface area contributed by atoms with E-state index >= 15 is 0 Å². The van der Waals surface area contributed by atoms with Gasteiger partial charge in [0.15, 0.2) is 0 Å². The second-order valence-electron chi connectivity index (χ2n) is 7.39. The molecule has 0 saturated carbocycles. The molecule has 25 heavy (non-hydrogen) atoms. The van der Waals surface area contributed by atoms with Gasteiger partial charge in [-0.1, -0.05) is 29.8 Å². The zero-order valence-corrected chi connectivity index (χ0v) is 14.9. The topological polar surface area (TPSA) is 52.7 Å². The average Bonchev–Trinajstić information content (AvgIpc) is 2.62. The number of anilines is 2. The Morgan fingerprint density at radius 3 is 2.40 bits per heavy atom. The van der Waals surface area contributed by atoms with Crippen molar-refractivity contribution in [2.45, 2.75) is 31.9 Å². The maximum atomic E-state index is 10.7. The summed E-state index contributed by atoms with van der Waals surface area (Å²) in [6, 6.07) is 15.0. The molecular formula is C21H27N3O. The van der Waals surface area contributed by atoms with Crippen LogP contribution >= 0.6 is 0 Å². The molecule has 4 rings (SSSR count). The Labute approximate surface area is 149 Å². The van der Waals surface area contributed by atoms with Crippen LogP contribution < -0.4 is 10.6 Å². The highest BCUT2D eigenvalue weighted by atomic mass is 16.3. The summed E-state index contributed by atoms with van der Waals surface area (Å²) in [6.07, 6.45) is 1.26. The third-order valence-corrected chi connectivity index (χ3v) is 5.78. The molecule has 4 nitrogen and oxygen atoms in total. The fourth-order valence-corrected chi connectivity index (χ4v) is 4.24. The van der Waals surface area contributed by atoms with Gasteiger partial charge in [-0.2, -0.15) is 0 Å². The van der Waals surface area contributed by atoms with Crippen LogP contribution in [-0.2, 0) is 12.8 Å². The molecule has 0 radical (unpaired) electrons. The van der Waals surface area contributed by atoms with Crippen LogP contribution in [-0.4, -0.2) is 48.3 Å². The standard InChI is InChI=1S/C21H27N3O/c1-15-5-7-17(8-6-15)23-9-11-24(12-10-23)20-14-18-16(13-21(20)25)3-2-4-19(18)22/h2-8,20-21,25H,9-14,22H2,1H3/t20-,21-/m0/s1. The van der Waals surface area contributed by atoms with Crippen LogP contribution in [0, 0.1) is 6.92 Å². The van der Waals surface area contributed by atoms with Crippen molar-refractivity contribution in [3.8, 4) is 0 Å². The molecule has 132 valence electrons. The SMILES string of the molecule is Cc1ccc(N2CCN([C@H]3Cc4c(N)cccc4C[C@@H]3O)CC2)cc1. The summed E-state index contributed by atoms with van der Waals surface area (Å²) in [6.45, 7) is 6.10. The molecular weight excluding hydrogens is 310 g/mol. The lowest BCUT2D eigenvalue weighted by Crippen LogP contribution is -2.56. The number of fused-ring (bicyclic) bond motifs is 1. The first-order valence-corrected chi connectivity index (χ1v) is 9.22. The van der Waals surface area contributed by atoms with Crippen LogP contribution in [0.25, 0.3) is 0 Å². The largest absolute Gasteiger partial charge is 0.398 e. The van der Waals surface area contributed by atoms with Gasteiger partial charge in [-0.25, -0.2) is 0 Å². The molecule has 1 heterocycles. The van der Waals surface area contributed by atoms with E-state index < -0.39 is 0 Å². The van der Waals surface area contributed by atoms with Gasteiger partial charge in [-0.15, -0.1) is 0 Å². The second kappa shape index (κ2) is 6.70. The number of benzene rings is 2. The minimum absolute atomic E-state index is 0.178. The zero-order valence-electron chi connectivity index (χ0n) is 14.9. The van der Waals surface area contributed by atoms with Gasteiger partial charge in [0.05, 0.1) is 6.10 Å². The molecule has 2 aromatic carbocycles. The summed E-state index contributed by atoms with van der Waals surface area (Å²) in [5, 5.41) is 10.7. The number of nitrogens with zero attached hydrogens (tertiary/aromatic N) is 2. The number of nitrogen functional groups attached to an aromatic ring is 1. The summed E-state index contributed by atoms with van der Waals surface area (Å²) in [4.78, 5) is 4.89. The molecule has 2 aromatic rings. The van der Waals surface area contributed by atoms with Crippen LogP contribution in [0.1, 0.15) is 16.7 Å². The first-order valence-electron chi connectivity index (χ1n) is 9.22. The molecule has 0 spiro atoms. The Balaban J connectivity index is 1.44. The van der Waals surface area contributed by atoms with E-state index in [1.54, 1.807) is 0 Å². The van der Waals surface area contributed by atoms with Crippen molar-refractivity contribution in [3.05, 3.63) is 59.2 Å². The van der Waals surface area contributed by atoms with Gasteiger partial charge in [0.25, 0.3) is 0 Å². The zero-order chi connectivity index (χ0) is 17.4. The smallest absolute Gasteiger partial charge is 0.0739 e. The molecule has 0 bridgehead atoms. The monoisotopic (exact) mass is 337 g/mol. The molecule has 1 aliphatic heterocycles. The van der Waals surface area contributed by atoms with Crippen LogP contribution in [0.15, 0.2) is 42.5 Å². The summed E-state index contributed by atoms with van der Waals surface area (Å²) in [7, 11) is 0. The number of rotatable bonds is 2. The Morgan fingerprint density at radius 1 is 0.960 bits per heavy atom. The lowest BCUT2D eigenvalue weighted by Gasteiger charge is -2.43. The number of aliphatic hydroxyl groups is 1. The first kappa shape index (κ1) is 16.4. The van der Waals surface area contributed by atoms with Crippen molar-refractivity contribution in [3.63, 3.8) is 0 Å². The van der Waals surface area contributed by atoms with Gasteiger partial charge in [-0.3, -0.25) is 4.90 Å². The van der Waals surface area contributed by atoms with E-state index in [2.05, 4.69) is 47.1 Å². The van der Waals surface area contributed by atoms with E-state index in [0.29, 0.717) is 6.42 Å². The fraction of sp³-hybridized carbons (Fsp3) is 0.429. The minimum atomic E-state index is -0.305. The quantitative estimate of drug-likeness (QED) is 0.825. The van der Waals surface area contributed by atoms with Crippen molar-refractivity contribution < 1.29 is 5.11 Å². The van der Waals surface area contributed by atoms with Crippen LogP contribution in [0.2, 0.25) is 0 Å². The van der Waals surface area contributed by atoms with Crippen LogP contribution in [0.4, 0.5) is 11.4 Å². The normalized spacial score (nSPS) is 24.2. The second-order valence-corrected chi connectivity index (χ2v) is 7.39. The first-order chi connectivity index (χ1) is 12.1. The number of hydrogen-bond donors (Lipinski definition) is 2. The molecule has 4 heteroatoms. The third-order valence-electron chi connectivity index (χ3n) is 5.78. The maximum absolute atomic E-state index is 10.7. The van der Waals surface area contributed by atoms with Gasteiger partial charge in [0, 0.05) is 50.0 Å². The predicted octanol–water partition coefficient (Wildman–Crippen LogP) is 2.23. The Bertz CT molecular complexity index is 735. The van der Waals surface area contributed by atoms with Gasteiger partial charge in [0.2, 0.25) is 0 Å². The molecule has 1 fully saturated rings. The number of piperazine rings is 1. The molecule has 1 aliphatic carbocycles. The number of hydrogen-bond acceptors (Lipinski definition) is 4. The highest BCUT2D eigenvalue weighted by Crippen LogP contribution is 2.30. The highest BCUT2D eigenvalue weighted by Gasteiger charge is 2.34. The number of aryl methyl sites for hydroxylation is 1. The van der Waals surface area contributed by atoms with Crippen LogP contribution in [0.5, 0.6) is 0 Å². The average molecular weight is 337 g/mol. The summed E-state index contributed by atoms with van der Waals surface area (Å²) in [5.41, 5.74) is 12.1. The summed E-state index contributed by atoms with van der Waals surface area (Å²) < 4.78 is 0. The van der Waals surface area contributed by atoms with Gasteiger partial charge >= 0.3 is 0 Å². The maximum Gasteiger partial charge on any atom is 0.0739 e. The van der Waals surface area contributed by atoms with E-state index in [1.165, 1.54) is 22.4 Å². The lowest BCUT2D eigenvalue weighted by atomic mass is 9.84. The molecule has 0 unspecified atom stereocenters. The molecule has 3 N–H and O–H groups in total. The van der Waals surface area contributed by atoms with Crippen molar-refractivity contribution in [1.82, 2.24) is 4.90 Å². The Hall–Kier alpha value is -2.04. The lowest BCUT2D eigenvalue weighted by molar-refractivity contribution is 0.0397. The molecule has 2 atom stereocenters. The fourth-order valence-electron chi connectivity index (χ4n) is 4.24. The van der Waals surface area contributed by atoms with Crippen LogP contribution in [0.3, 0.4) is 0 Å². The summed E-state index contributed by atoms with van der Waals surface area (Å²) >= 11 is 0. The van der Waals surface area contributed by atoms with Crippen molar-refractivity contribution in [1.29, 1.82) is 0 Å². The molecule has 0 aromatic heterocycles. The highest BCUT2D eigenvalue weighted by molar-refractivity contribution is 5.53. The van der Waals surface area contributed by atoms with Gasteiger partial charge in [-0.05, 0) is 42.7 Å². The van der Waals surface area contributed by atoms with E-state index in [0.717, 1.165) is 38.3 Å². The van der Waals surface area contributed by atoms with Crippen molar-refractivity contribution in [2.75, 3.05) is 36.8 Å². The van der Waals surface area contributed by atoms with E-state index in [4.69, 9.17) is 5.73 Å². The molecule has 0 amide bonds. The molecule has 2 aliphatic rings. The van der Waals surface area contributed by atoms with E-state index in [9.17, 15) is 5.11 Å². The predicted molar refractivity (Wildman–Crippen MR) is 103 cm³/mol.